The highest BCUT2D eigenvalue weighted by molar-refractivity contribution is 9.10. The van der Waals surface area contributed by atoms with Crippen LogP contribution in [0.15, 0.2) is 22.7 Å². The Morgan fingerprint density at radius 3 is 2.84 bits per heavy atom. The molecule has 1 fully saturated rings. The highest BCUT2D eigenvalue weighted by Crippen LogP contribution is 2.22. The zero-order valence-electron chi connectivity index (χ0n) is 11.5. The third-order valence-electron chi connectivity index (χ3n) is 3.50. The first-order valence-electron chi connectivity index (χ1n) is 6.94. The quantitative estimate of drug-likeness (QED) is 0.777. The Morgan fingerprint density at radius 1 is 1.32 bits per heavy atom. The number of halogens is 1. The van der Waals surface area contributed by atoms with E-state index in [0.29, 0.717) is 6.10 Å². The van der Waals surface area contributed by atoms with Crippen LogP contribution in [0, 0.1) is 0 Å². The van der Waals surface area contributed by atoms with Gasteiger partial charge in [-0.15, -0.1) is 0 Å². The fraction of sp³-hybridized carbons (Fsp3) is 0.600. The van der Waals surface area contributed by atoms with Crippen LogP contribution in [0.4, 0.5) is 0 Å². The first-order valence-corrected chi connectivity index (χ1v) is 7.73. The fourth-order valence-electron chi connectivity index (χ4n) is 2.39. The van der Waals surface area contributed by atoms with Crippen LogP contribution >= 0.6 is 15.9 Å². The molecule has 1 aliphatic carbocycles. The second-order valence-corrected chi connectivity index (χ2v) is 5.77. The van der Waals surface area contributed by atoms with Crippen LogP contribution < -0.4 is 10.1 Å². The van der Waals surface area contributed by atoms with Gasteiger partial charge in [0, 0.05) is 17.6 Å². The summed E-state index contributed by atoms with van der Waals surface area (Å²) in [6.45, 7) is 2.51. The first-order chi connectivity index (χ1) is 9.29. The number of methoxy groups -OCH3 is 1. The zero-order valence-corrected chi connectivity index (χ0v) is 13.0. The third-order valence-corrected chi connectivity index (χ3v) is 4.28. The maximum atomic E-state index is 5.82. The van der Waals surface area contributed by atoms with E-state index in [9.17, 15) is 0 Å². The van der Waals surface area contributed by atoms with E-state index in [2.05, 4.69) is 27.3 Å². The van der Waals surface area contributed by atoms with Crippen molar-refractivity contribution in [3.05, 3.63) is 28.2 Å². The number of hydrogen-bond acceptors (Lipinski definition) is 3. The van der Waals surface area contributed by atoms with Gasteiger partial charge in [0.05, 0.1) is 19.8 Å². The predicted octanol–water partition coefficient (Wildman–Crippen LogP) is 3.51. The number of nitrogens with one attached hydrogen (secondary N) is 1. The summed E-state index contributed by atoms with van der Waals surface area (Å²) in [5.41, 5.74) is 1.21. The summed E-state index contributed by atoms with van der Waals surface area (Å²) in [6, 6.07) is 6.02. The lowest BCUT2D eigenvalue weighted by Crippen LogP contribution is -2.22. The molecule has 0 bridgehead atoms. The van der Waals surface area contributed by atoms with E-state index in [4.69, 9.17) is 9.47 Å². The van der Waals surface area contributed by atoms with E-state index >= 15 is 0 Å². The van der Waals surface area contributed by atoms with Crippen LogP contribution in [-0.4, -0.2) is 26.4 Å². The highest BCUT2D eigenvalue weighted by atomic mass is 79.9. The second-order valence-electron chi connectivity index (χ2n) is 4.91. The summed E-state index contributed by atoms with van der Waals surface area (Å²) in [4.78, 5) is 0. The zero-order chi connectivity index (χ0) is 13.5. The molecule has 0 amide bonds. The van der Waals surface area contributed by atoms with Gasteiger partial charge in [0.25, 0.3) is 0 Å². The second kappa shape index (κ2) is 7.88. The molecule has 2 rings (SSSR count). The van der Waals surface area contributed by atoms with E-state index in [1.807, 2.05) is 12.1 Å². The number of hydrogen-bond donors (Lipinski definition) is 1. The lowest BCUT2D eigenvalue weighted by Gasteiger charge is -2.12. The minimum Gasteiger partial charge on any atom is -0.497 e. The third kappa shape index (κ3) is 4.79. The molecule has 19 heavy (non-hydrogen) atoms. The van der Waals surface area contributed by atoms with Crippen molar-refractivity contribution in [3.63, 3.8) is 0 Å². The van der Waals surface area contributed by atoms with Gasteiger partial charge < -0.3 is 14.8 Å². The summed E-state index contributed by atoms with van der Waals surface area (Å²) in [6.07, 6.45) is 5.64. The average Bonchev–Trinajstić information content (AvgIpc) is 2.93. The lowest BCUT2D eigenvalue weighted by molar-refractivity contribution is 0.0602. The summed E-state index contributed by atoms with van der Waals surface area (Å²) in [7, 11) is 1.69. The van der Waals surface area contributed by atoms with Crippen LogP contribution in [0.1, 0.15) is 31.2 Å². The molecule has 1 N–H and O–H groups in total. The Kier molecular flexibility index (Phi) is 6.14. The fourth-order valence-corrected chi connectivity index (χ4v) is 2.78. The SMILES string of the molecule is COc1ccc(Br)c(CNCCOC2CCCC2)c1. The Balaban J connectivity index is 1.67. The Hall–Kier alpha value is -0.580. The molecule has 0 heterocycles. The number of ether oxygens (including phenoxy) is 2. The maximum Gasteiger partial charge on any atom is 0.119 e. The van der Waals surface area contributed by atoms with Gasteiger partial charge in [0.15, 0.2) is 0 Å². The van der Waals surface area contributed by atoms with E-state index < -0.39 is 0 Å². The topological polar surface area (TPSA) is 30.5 Å². The minimum atomic E-state index is 0.505. The molecule has 1 aromatic carbocycles. The maximum absolute atomic E-state index is 5.82. The van der Waals surface area contributed by atoms with Gasteiger partial charge in [0.2, 0.25) is 0 Å². The molecule has 4 heteroatoms. The van der Waals surface area contributed by atoms with Crippen molar-refractivity contribution in [1.82, 2.24) is 5.32 Å². The van der Waals surface area contributed by atoms with Gasteiger partial charge in [-0.25, -0.2) is 0 Å². The molecule has 0 aromatic heterocycles. The first kappa shape index (κ1) is 14.8. The molecule has 0 unspecified atom stereocenters. The van der Waals surface area contributed by atoms with Crippen molar-refractivity contribution < 1.29 is 9.47 Å². The van der Waals surface area contributed by atoms with Crippen molar-refractivity contribution >= 4 is 15.9 Å². The van der Waals surface area contributed by atoms with E-state index in [1.165, 1.54) is 31.2 Å². The van der Waals surface area contributed by atoms with Gasteiger partial charge >= 0.3 is 0 Å². The predicted molar refractivity (Wildman–Crippen MR) is 80.6 cm³/mol. The van der Waals surface area contributed by atoms with Crippen LogP contribution in [-0.2, 0) is 11.3 Å². The molecule has 3 nitrogen and oxygen atoms in total. The molecule has 1 aromatic rings. The molecule has 0 spiro atoms. The Bertz CT molecular complexity index is 392. The molecule has 0 atom stereocenters. The van der Waals surface area contributed by atoms with Crippen LogP contribution in [0.2, 0.25) is 0 Å². The number of rotatable bonds is 7. The molecule has 106 valence electrons. The van der Waals surface area contributed by atoms with Crippen LogP contribution in [0.5, 0.6) is 5.75 Å². The molecule has 1 saturated carbocycles. The van der Waals surface area contributed by atoms with Gasteiger partial charge in [-0.3, -0.25) is 0 Å². The largest absolute Gasteiger partial charge is 0.497 e. The Morgan fingerprint density at radius 2 is 2.11 bits per heavy atom. The van der Waals surface area contributed by atoms with Crippen molar-refractivity contribution in [2.45, 2.75) is 38.3 Å². The van der Waals surface area contributed by atoms with Crippen LogP contribution in [0.3, 0.4) is 0 Å². The summed E-state index contributed by atoms with van der Waals surface area (Å²) < 4.78 is 12.2. The van der Waals surface area contributed by atoms with Gasteiger partial charge in [-0.05, 0) is 36.6 Å². The van der Waals surface area contributed by atoms with Gasteiger partial charge in [-0.2, -0.15) is 0 Å². The molecule has 0 aliphatic heterocycles. The van der Waals surface area contributed by atoms with Gasteiger partial charge in [0.1, 0.15) is 5.75 Å². The molecule has 1 aliphatic rings. The van der Waals surface area contributed by atoms with Crippen molar-refractivity contribution in [3.8, 4) is 5.75 Å². The summed E-state index contributed by atoms with van der Waals surface area (Å²) in [5, 5.41) is 3.41. The van der Waals surface area contributed by atoms with Crippen molar-refractivity contribution in [2.24, 2.45) is 0 Å². The normalized spacial score (nSPS) is 15.9. The number of benzene rings is 1. The lowest BCUT2D eigenvalue weighted by atomic mass is 10.2. The summed E-state index contributed by atoms with van der Waals surface area (Å²) >= 11 is 3.56. The van der Waals surface area contributed by atoms with E-state index in [-0.39, 0.29) is 0 Å². The molecular weight excluding hydrogens is 306 g/mol. The van der Waals surface area contributed by atoms with Crippen molar-refractivity contribution in [1.29, 1.82) is 0 Å². The molecular formula is C15H22BrNO2. The summed E-state index contributed by atoms with van der Waals surface area (Å²) in [5.74, 6) is 0.891. The Labute approximate surface area is 123 Å². The minimum absolute atomic E-state index is 0.505. The van der Waals surface area contributed by atoms with E-state index in [1.54, 1.807) is 7.11 Å². The average molecular weight is 328 g/mol. The molecule has 0 radical (unpaired) electrons. The van der Waals surface area contributed by atoms with E-state index in [0.717, 1.165) is 29.9 Å². The smallest absolute Gasteiger partial charge is 0.119 e. The monoisotopic (exact) mass is 327 g/mol. The van der Waals surface area contributed by atoms with Crippen molar-refractivity contribution in [2.75, 3.05) is 20.3 Å². The molecule has 0 saturated heterocycles. The van der Waals surface area contributed by atoms with Gasteiger partial charge in [-0.1, -0.05) is 28.8 Å². The van der Waals surface area contributed by atoms with Crippen LogP contribution in [0.25, 0.3) is 0 Å². The standard InChI is InChI=1S/C15H22BrNO2/c1-18-14-6-7-15(16)12(10-14)11-17-8-9-19-13-4-2-3-5-13/h6-7,10,13,17H,2-5,8-9,11H2,1H3. The highest BCUT2D eigenvalue weighted by Gasteiger charge is 2.14.